The molecule has 5 rings (SSSR count). The number of fused-ring (bicyclic) bond motifs is 1. The van der Waals surface area contributed by atoms with Crippen molar-refractivity contribution in [3.63, 3.8) is 0 Å². The predicted octanol–water partition coefficient (Wildman–Crippen LogP) is 1.97. The number of benzene rings is 1. The van der Waals surface area contributed by atoms with Gasteiger partial charge in [0.25, 0.3) is 0 Å². The minimum Gasteiger partial charge on any atom is -0.394 e. The van der Waals surface area contributed by atoms with Gasteiger partial charge in [0.05, 0.1) is 45.8 Å². The van der Waals surface area contributed by atoms with E-state index >= 15 is 0 Å². The van der Waals surface area contributed by atoms with E-state index in [9.17, 15) is 13.7 Å². The fourth-order valence-electron chi connectivity index (χ4n) is 4.42. The summed E-state index contributed by atoms with van der Waals surface area (Å²) in [6, 6.07) is 5.98. The molecule has 1 saturated heterocycles. The number of nitrogens with one attached hydrogen (secondary N) is 1. The molecule has 0 bridgehead atoms. The minimum atomic E-state index is -2.71. The smallest absolute Gasteiger partial charge is 0.227 e. The van der Waals surface area contributed by atoms with Crippen molar-refractivity contribution in [3.05, 3.63) is 41.3 Å². The number of aryl methyl sites for hydroxylation is 1. The summed E-state index contributed by atoms with van der Waals surface area (Å²) < 4.78 is 55.4. The van der Waals surface area contributed by atoms with Crippen LogP contribution in [0.15, 0.2) is 29.2 Å². The molecule has 30 heavy (non-hydrogen) atoms. The van der Waals surface area contributed by atoms with Gasteiger partial charge in [-0.3, -0.25) is 4.21 Å². The Bertz CT molecular complexity index is 1100. The number of ether oxygens (including phenoxy) is 1. The second-order valence-corrected chi connectivity index (χ2v) is 9.80. The van der Waals surface area contributed by atoms with E-state index in [-0.39, 0.29) is 25.3 Å². The zero-order valence-electron chi connectivity index (χ0n) is 19.4. The van der Waals surface area contributed by atoms with Gasteiger partial charge in [-0.25, -0.2) is 9.37 Å². The van der Waals surface area contributed by atoms with Crippen molar-refractivity contribution in [1.82, 2.24) is 9.97 Å². The molecule has 1 saturated carbocycles. The first-order chi connectivity index (χ1) is 15.6. The third-order valence-electron chi connectivity index (χ3n) is 6.41. The van der Waals surface area contributed by atoms with Crippen LogP contribution in [0.25, 0.3) is 0 Å². The molecule has 2 N–H and O–H groups in total. The Labute approximate surface area is 181 Å². The minimum absolute atomic E-state index is 0.0543. The molecule has 1 aromatic heterocycles. The molecule has 160 valence electrons. The summed E-state index contributed by atoms with van der Waals surface area (Å²) in [5.41, 5.74) is -1.00. The topological polar surface area (TPSA) is 87.6 Å². The molecule has 0 radical (unpaired) electrons. The maximum atomic E-state index is 14.6. The first kappa shape index (κ1) is 16.6. The standard InChI is InChI=1S/C21H25FN4O3S/c1-29-21(14-5-2-3-6-15(14)22)11-26(12-21)19-23-16-7-10-30(28)17(16)18(24-19)25-20(13-27)8-4-9-20/h2-3,5-6,27H,4,7-13H2,1H3,(H,23,24,25)/i1D3. The summed E-state index contributed by atoms with van der Waals surface area (Å²) in [5, 5.41) is 13.2. The van der Waals surface area contributed by atoms with Crippen molar-refractivity contribution in [1.29, 1.82) is 0 Å². The Morgan fingerprint density at radius 1 is 1.37 bits per heavy atom. The normalized spacial score (nSPS) is 25.3. The number of anilines is 2. The zero-order valence-corrected chi connectivity index (χ0v) is 17.2. The average molecular weight is 436 g/mol. The number of hydrogen-bond acceptors (Lipinski definition) is 7. The molecule has 2 fully saturated rings. The van der Waals surface area contributed by atoms with E-state index in [2.05, 4.69) is 15.3 Å². The molecule has 9 heteroatoms. The number of aliphatic hydroxyl groups excluding tert-OH is 1. The third kappa shape index (κ3) is 3.02. The van der Waals surface area contributed by atoms with Gasteiger partial charge in [0, 0.05) is 24.8 Å². The van der Waals surface area contributed by atoms with Gasteiger partial charge >= 0.3 is 0 Å². The van der Waals surface area contributed by atoms with Crippen LogP contribution in [-0.4, -0.2) is 57.3 Å². The zero-order chi connectivity index (χ0) is 23.4. The average Bonchev–Trinajstić information content (AvgIpc) is 3.08. The quantitative estimate of drug-likeness (QED) is 0.717. The molecular formula is C21H25FN4O3S. The first-order valence-electron chi connectivity index (χ1n) is 11.5. The summed E-state index contributed by atoms with van der Waals surface area (Å²) in [5.74, 6) is 0.697. The van der Waals surface area contributed by atoms with Crippen LogP contribution in [0.5, 0.6) is 0 Å². The molecule has 0 spiro atoms. The molecule has 7 nitrogen and oxygen atoms in total. The summed E-state index contributed by atoms with van der Waals surface area (Å²) in [6.45, 7) is 0.0534. The maximum Gasteiger partial charge on any atom is 0.227 e. The molecule has 1 aromatic carbocycles. The highest BCUT2D eigenvalue weighted by molar-refractivity contribution is 7.85. The van der Waals surface area contributed by atoms with Crippen molar-refractivity contribution >= 4 is 22.6 Å². The largest absolute Gasteiger partial charge is 0.394 e. The SMILES string of the molecule is [2H]C([2H])([2H])OC1(c2ccccc2F)CN(c2nc3c(c(NC4(CO)CCC4)n2)S(=O)CC3)C1. The van der Waals surface area contributed by atoms with Crippen LogP contribution in [0.4, 0.5) is 16.2 Å². The van der Waals surface area contributed by atoms with Crippen LogP contribution in [0.1, 0.15) is 34.6 Å². The number of aliphatic hydroxyl groups is 1. The highest BCUT2D eigenvalue weighted by Crippen LogP contribution is 2.41. The Morgan fingerprint density at radius 2 is 2.17 bits per heavy atom. The summed E-state index contributed by atoms with van der Waals surface area (Å²) in [6.07, 6.45) is 3.10. The lowest BCUT2D eigenvalue weighted by molar-refractivity contribution is -0.0415. The molecule has 3 heterocycles. The van der Waals surface area contributed by atoms with Crippen molar-refractivity contribution < 1.29 is 22.6 Å². The van der Waals surface area contributed by atoms with Crippen LogP contribution in [0.2, 0.25) is 0 Å². The highest BCUT2D eigenvalue weighted by atomic mass is 32.2. The summed E-state index contributed by atoms with van der Waals surface area (Å²) in [7, 11) is -3.94. The van der Waals surface area contributed by atoms with E-state index < -0.39 is 34.8 Å². The second kappa shape index (κ2) is 7.25. The molecule has 1 aliphatic carbocycles. The lowest BCUT2D eigenvalue weighted by Crippen LogP contribution is -2.61. The van der Waals surface area contributed by atoms with E-state index in [0.717, 1.165) is 19.3 Å². The van der Waals surface area contributed by atoms with Gasteiger partial charge in [-0.15, -0.1) is 0 Å². The maximum absolute atomic E-state index is 14.6. The van der Waals surface area contributed by atoms with Gasteiger partial charge in [-0.2, -0.15) is 4.98 Å². The number of rotatable bonds is 6. The first-order valence-corrected chi connectivity index (χ1v) is 11.3. The van der Waals surface area contributed by atoms with Crippen LogP contribution in [0, 0.1) is 5.82 Å². The number of halogens is 1. The molecule has 1 unspecified atom stereocenters. The number of aromatic nitrogens is 2. The van der Waals surface area contributed by atoms with Gasteiger partial charge in [0.15, 0.2) is 0 Å². The second-order valence-electron chi connectivity index (χ2n) is 8.30. The number of methoxy groups -OCH3 is 1. The molecule has 2 aromatic rings. The molecular weight excluding hydrogens is 407 g/mol. The summed E-state index contributed by atoms with van der Waals surface area (Å²) >= 11 is 0. The molecule has 0 amide bonds. The van der Waals surface area contributed by atoms with Crippen molar-refractivity contribution in [2.24, 2.45) is 0 Å². The Kier molecular flexibility index (Phi) is 4.00. The van der Waals surface area contributed by atoms with Crippen LogP contribution in [0.3, 0.4) is 0 Å². The van der Waals surface area contributed by atoms with E-state index in [1.165, 1.54) is 18.2 Å². The summed E-state index contributed by atoms with van der Waals surface area (Å²) in [4.78, 5) is 11.5. The highest BCUT2D eigenvalue weighted by Gasteiger charge is 2.48. The lowest BCUT2D eigenvalue weighted by atomic mass is 9.77. The van der Waals surface area contributed by atoms with E-state index in [1.807, 2.05) is 0 Å². The van der Waals surface area contributed by atoms with Crippen LogP contribution in [-0.2, 0) is 27.6 Å². The monoisotopic (exact) mass is 435 g/mol. The fourth-order valence-corrected chi connectivity index (χ4v) is 5.73. The fraction of sp³-hybridized carbons (Fsp3) is 0.524. The van der Waals surface area contributed by atoms with Gasteiger partial charge < -0.3 is 20.1 Å². The number of nitrogens with zero attached hydrogens (tertiary/aromatic N) is 3. The Hall–Kier alpha value is -2.10. The van der Waals surface area contributed by atoms with Crippen molar-refractivity contribution in [2.45, 2.75) is 41.7 Å². The Balaban J connectivity index is 1.47. The van der Waals surface area contributed by atoms with Gasteiger partial charge in [-0.1, -0.05) is 18.2 Å². The van der Waals surface area contributed by atoms with Gasteiger partial charge in [0.1, 0.15) is 22.1 Å². The third-order valence-corrected chi connectivity index (χ3v) is 7.87. The number of hydrogen-bond donors (Lipinski definition) is 2. The van der Waals surface area contributed by atoms with E-state index in [1.54, 1.807) is 11.0 Å². The van der Waals surface area contributed by atoms with Gasteiger partial charge in [-0.05, 0) is 25.3 Å². The lowest BCUT2D eigenvalue weighted by Gasteiger charge is -2.49. The van der Waals surface area contributed by atoms with Crippen molar-refractivity contribution in [2.75, 3.05) is 42.7 Å². The Morgan fingerprint density at radius 3 is 2.83 bits per heavy atom. The van der Waals surface area contributed by atoms with Gasteiger partial charge in [0.2, 0.25) is 5.95 Å². The molecule has 2 aliphatic heterocycles. The van der Waals surface area contributed by atoms with E-state index in [4.69, 9.17) is 8.85 Å². The van der Waals surface area contributed by atoms with Crippen LogP contribution >= 0.6 is 0 Å². The molecule has 1 atom stereocenters. The molecule has 3 aliphatic rings. The predicted molar refractivity (Wildman–Crippen MR) is 112 cm³/mol. The van der Waals surface area contributed by atoms with Crippen molar-refractivity contribution in [3.8, 4) is 0 Å². The van der Waals surface area contributed by atoms with Crippen LogP contribution < -0.4 is 10.2 Å². The van der Waals surface area contributed by atoms with E-state index in [0.29, 0.717) is 34.5 Å².